The number of aromatic amines is 1. The Morgan fingerprint density at radius 3 is 2.46 bits per heavy atom. The number of aromatic nitrogens is 1. The molecule has 0 radical (unpaired) electrons. The number of imide groups is 1. The van der Waals surface area contributed by atoms with Gasteiger partial charge in [0.15, 0.2) is 18.1 Å². The van der Waals surface area contributed by atoms with Gasteiger partial charge in [-0.1, -0.05) is 47.2 Å². The number of fused-ring (bicyclic) bond motifs is 9. The van der Waals surface area contributed by atoms with E-state index in [1.807, 2.05) is 30.3 Å². The highest BCUT2D eigenvalue weighted by Crippen LogP contribution is 2.68. The molecule has 12 heteroatoms. The highest BCUT2D eigenvalue weighted by molar-refractivity contribution is 8.00. The molecule has 4 aliphatic rings. The number of thioether (sulfide) groups is 1. The summed E-state index contributed by atoms with van der Waals surface area (Å²) in [7, 11) is 1.55. The number of ether oxygens (including phenoxy) is 2. The van der Waals surface area contributed by atoms with Gasteiger partial charge in [-0.3, -0.25) is 24.1 Å². The van der Waals surface area contributed by atoms with Crippen LogP contribution in [-0.2, 0) is 14.4 Å². The summed E-state index contributed by atoms with van der Waals surface area (Å²) in [6.07, 6.45) is 0.786. The van der Waals surface area contributed by atoms with Crippen molar-refractivity contribution >= 4 is 63.8 Å². The van der Waals surface area contributed by atoms with Crippen molar-refractivity contribution in [2.75, 3.05) is 23.9 Å². The number of rotatable bonds is 7. The number of benzene rings is 3. The van der Waals surface area contributed by atoms with Crippen LogP contribution in [0.3, 0.4) is 0 Å². The zero-order chi connectivity index (χ0) is 31.7. The highest BCUT2D eigenvalue weighted by Gasteiger charge is 2.69. The van der Waals surface area contributed by atoms with Gasteiger partial charge < -0.3 is 19.8 Å². The number of carbonyl (C=O) groups excluding carboxylic acids is 3. The Hall–Kier alpha value is -4.06. The fourth-order valence-corrected chi connectivity index (χ4v) is 11.1. The maximum absolute atomic E-state index is 14.0. The van der Waals surface area contributed by atoms with E-state index < -0.39 is 5.92 Å². The first kappa shape index (κ1) is 29.3. The number of thiazole rings is 1. The Balaban J connectivity index is 1.10. The van der Waals surface area contributed by atoms with Crippen molar-refractivity contribution in [1.82, 2.24) is 4.98 Å². The van der Waals surface area contributed by atoms with Crippen LogP contribution in [0.2, 0.25) is 5.02 Å². The van der Waals surface area contributed by atoms with Gasteiger partial charge in [0.2, 0.25) is 11.8 Å². The molecule has 8 rings (SSSR count). The number of hydrogen-bond acceptors (Lipinski definition) is 8. The van der Waals surface area contributed by atoms with E-state index in [0.717, 1.165) is 21.9 Å². The summed E-state index contributed by atoms with van der Waals surface area (Å²) in [5.41, 5.74) is 2.15. The maximum Gasteiger partial charge on any atom is 0.305 e. The summed E-state index contributed by atoms with van der Waals surface area (Å²) in [6, 6.07) is 21.6. The average molecular weight is 674 g/mol. The van der Waals surface area contributed by atoms with Crippen LogP contribution in [-0.4, -0.2) is 41.7 Å². The molecule has 9 nitrogen and oxygen atoms in total. The number of anilines is 2. The van der Waals surface area contributed by atoms with Gasteiger partial charge in [-0.25, -0.2) is 0 Å². The minimum Gasteiger partial charge on any atom is -0.493 e. The van der Waals surface area contributed by atoms with Gasteiger partial charge in [0.1, 0.15) is 0 Å². The topological polar surface area (TPSA) is 118 Å². The summed E-state index contributed by atoms with van der Waals surface area (Å²) >= 11 is 8.92. The van der Waals surface area contributed by atoms with E-state index in [-0.39, 0.29) is 64.0 Å². The number of hydrogen-bond donors (Lipinski definition) is 2. The fourth-order valence-electron chi connectivity index (χ4n) is 8.09. The van der Waals surface area contributed by atoms with Gasteiger partial charge in [-0.2, -0.15) is 0 Å². The fraction of sp³-hybridized carbons (Fsp3) is 0.294. The van der Waals surface area contributed by atoms with Crippen LogP contribution in [0, 0.1) is 29.6 Å². The van der Waals surface area contributed by atoms with Crippen molar-refractivity contribution in [2.24, 2.45) is 29.6 Å². The summed E-state index contributed by atoms with van der Waals surface area (Å²) in [6.45, 7) is -0.202. The van der Waals surface area contributed by atoms with E-state index in [9.17, 15) is 19.2 Å². The van der Waals surface area contributed by atoms with Crippen LogP contribution in [0.5, 0.6) is 11.5 Å². The largest absolute Gasteiger partial charge is 0.493 e. The number of halogens is 1. The first-order valence-electron chi connectivity index (χ1n) is 15.0. The zero-order valence-electron chi connectivity index (χ0n) is 24.5. The van der Waals surface area contributed by atoms with E-state index in [1.54, 1.807) is 61.3 Å². The minimum atomic E-state index is -0.414. The molecule has 1 saturated heterocycles. The molecule has 234 valence electrons. The molecule has 2 aliphatic heterocycles. The smallest absolute Gasteiger partial charge is 0.305 e. The van der Waals surface area contributed by atoms with E-state index >= 15 is 0 Å². The Morgan fingerprint density at radius 1 is 0.978 bits per heavy atom. The van der Waals surface area contributed by atoms with Crippen LogP contribution in [0.15, 0.2) is 82.6 Å². The predicted octanol–water partition coefficient (Wildman–Crippen LogP) is 5.79. The molecule has 3 aromatic carbocycles. The molecule has 3 heterocycles. The van der Waals surface area contributed by atoms with E-state index in [2.05, 4.69) is 10.3 Å². The van der Waals surface area contributed by atoms with E-state index in [0.29, 0.717) is 27.9 Å². The molecule has 2 aliphatic carbocycles. The molecule has 7 atom stereocenters. The molecule has 2 bridgehead atoms. The number of nitrogens with one attached hydrogen (secondary N) is 2. The van der Waals surface area contributed by atoms with Gasteiger partial charge in [0.25, 0.3) is 5.91 Å². The van der Waals surface area contributed by atoms with Gasteiger partial charge >= 0.3 is 4.87 Å². The molecule has 1 aromatic heterocycles. The minimum absolute atomic E-state index is 0.00503. The van der Waals surface area contributed by atoms with Crippen LogP contribution in [0.1, 0.15) is 22.8 Å². The SMILES string of the molecule is COc1cc([C@H]2c3sc(=O)[nH]c3SC3C2[C@H]2C[C@@H]3C3C(=O)N(c4ccc(Cl)cc4)C(=O)C32)ccc1OCC(=O)Nc1ccccc1. The number of carbonyl (C=O) groups is 3. The van der Waals surface area contributed by atoms with E-state index in [4.69, 9.17) is 21.1 Å². The first-order chi connectivity index (χ1) is 22.3. The number of amides is 3. The number of nitrogens with zero attached hydrogens (tertiary/aromatic N) is 1. The van der Waals surface area contributed by atoms with Crippen LogP contribution in [0.4, 0.5) is 11.4 Å². The highest BCUT2D eigenvalue weighted by atomic mass is 35.5. The second-order valence-electron chi connectivity index (χ2n) is 12.1. The molecule has 2 saturated carbocycles. The Bertz CT molecular complexity index is 1930. The van der Waals surface area contributed by atoms with Crippen LogP contribution in [0.25, 0.3) is 0 Å². The molecular formula is C34H28ClN3O6S2. The Kier molecular flexibility index (Phi) is 7.23. The lowest BCUT2D eigenvalue weighted by Crippen LogP contribution is -2.42. The predicted molar refractivity (Wildman–Crippen MR) is 176 cm³/mol. The monoisotopic (exact) mass is 673 g/mol. The first-order valence-corrected chi connectivity index (χ1v) is 17.1. The lowest BCUT2D eigenvalue weighted by molar-refractivity contribution is -0.123. The van der Waals surface area contributed by atoms with Crippen molar-refractivity contribution in [2.45, 2.75) is 22.6 Å². The summed E-state index contributed by atoms with van der Waals surface area (Å²) < 4.78 is 11.6. The summed E-state index contributed by atoms with van der Waals surface area (Å²) in [5, 5.41) is 4.23. The standard InChI is InChI=1S/C34H28ClN3O6S2/c1-43-23-13-16(7-12-22(23)44-15-24(39)36-18-5-3-2-4-6-18)25-26-20-14-21(29(26)45-31-30(25)46-34(42)37-31)28-27(20)32(40)38(33(28)41)19-10-8-17(35)9-11-19/h2-13,20-21,25-29H,14-15H2,1H3,(H,36,39)(H,37,42)/t20-,21-,25-,26?,27?,28?,29?/m1/s1. The maximum atomic E-state index is 14.0. The molecule has 3 amide bonds. The molecule has 46 heavy (non-hydrogen) atoms. The van der Waals surface area contributed by atoms with E-state index in [1.165, 1.54) is 16.2 Å². The van der Waals surface area contributed by atoms with Crippen LogP contribution < -0.4 is 24.6 Å². The van der Waals surface area contributed by atoms with Crippen molar-refractivity contribution in [3.05, 3.63) is 97.9 Å². The number of H-pyrrole nitrogens is 1. The van der Waals surface area contributed by atoms with Crippen molar-refractivity contribution in [1.29, 1.82) is 0 Å². The van der Waals surface area contributed by atoms with Gasteiger partial charge in [0, 0.05) is 26.8 Å². The van der Waals surface area contributed by atoms with Crippen molar-refractivity contribution in [3.63, 3.8) is 0 Å². The molecule has 2 N–H and O–H groups in total. The molecule has 4 aromatic rings. The average Bonchev–Trinajstić information content (AvgIpc) is 3.80. The molecule has 0 spiro atoms. The molecule has 3 fully saturated rings. The van der Waals surface area contributed by atoms with Gasteiger partial charge in [-0.05, 0) is 78.3 Å². The third-order valence-corrected chi connectivity index (χ3v) is 12.6. The third-order valence-electron chi connectivity index (χ3n) is 9.77. The second-order valence-corrected chi connectivity index (χ2v) is 14.7. The zero-order valence-corrected chi connectivity index (χ0v) is 26.9. The lowest BCUT2D eigenvalue weighted by atomic mass is 9.68. The molecule has 4 unspecified atom stereocenters. The lowest BCUT2D eigenvalue weighted by Gasteiger charge is -2.43. The Morgan fingerprint density at radius 2 is 1.72 bits per heavy atom. The Labute approximate surface area is 277 Å². The summed E-state index contributed by atoms with van der Waals surface area (Å²) in [4.78, 5) is 58.2. The normalized spacial score (nSPS) is 27.3. The number of methoxy groups -OCH3 is 1. The molecular weight excluding hydrogens is 646 g/mol. The van der Waals surface area contributed by atoms with Crippen LogP contribution >= 0.6 is 34.7 Å². The van der Waals surface area contributed by atoms with Crippen molar-refractivity contribution < 1.29 is 23.9 Å². The second kappa shape index (κ2) is 11.3. The van der Waals surface area contributed by atoms with Crippen molar-refractivity contribution in [3.8, 4) is 11.5 Å². The number of para-hydroxylation sites is 1. The third kappa shape index (κ3) is 4.66. The quantitative estimate of drug-likeness (QED) is 0.238. The van der Waals surface area contributed by atoms with Gasteiger partial charge in [0.05, 0.1) is 29.7 Å². The van der Waals surface area contributed by atoms with Gasteiger partial charge in [-0.15, -0.1) is 11.8 Å². The summed E-state index contributed by atoms with van der Waals surface area (Å²) in [5.74, 6) is -0.697.